The Kier molecular flexibility index (Phi) is 1.46. The van der Waals surface area contributed by atoms with Crippen molar-refractivity contribution in [2.24, 2.45) is 0 Å². The summed E-state index contributed by atoms with van der Waals surface area (Å²) in [5.41, 5.74) is 0. The predicted octanol–water partition coefficient (Wildman–Crippen LogP) is 4.30. The van der Waals surface area contributed by atoms with Crippen LogP contribution in [0.5, 0.6) is 0 Å². The van der Waals surface area contributed by atoms with E-state index in [1.165, 1.54) is 6.42 Å². The Morgan fingerprint density at radius 1 is 1.09 bits per heavy atom. The maximum atomic E-state index is 2.50. The Morgan fingerprint density at radius 3 is 1.82 bits per heavy atom. The van der Waals surface area contributed by atoms with Gasteiger partial charge >= 0.3 is 68.7 Å². The molecule has 0 atom stereocenters. The van der Waals surface area contributed by atoms with Crippen LogP contribution < -0.4 is 0 Å². The molecule has 0 fully saturated rings. The molecule has 0 nitrogen and oxygen atoms in total. The van der Waals surface area contributed by atoms with Gasteiger partial charge < -0.3 is 0 Å². The topological polar surface area (TPSA) is 0 Å². The molecule has 1 heteroatoms. The van der Waals surface area contributed by atoms with Gasteiger partial charge in [0.25, 0.3) is 0 Å². The molecule has 0 aliphatic heterocycles. The van der Waals surface area contributed by atoms with Gasteiger partial charge in [-0.1, -0.05) is 0 Å². The molecule has 0 saturated heterocycles. The number of rotatable bonds is 1. The van der Waals surface area contributed by atoms with Gasteiger partial charge in [0.15, 0.2) is 0 Å². The van der Waals surface area contributed by atoms with Crippen LogP contribution in [0.4, 0.5) is 0 Å². The van der Waals surface area contributed by atoms with E-state index in [9.17, 15) is 0 Å². The van der Waals surface area contributed by atoms with Gasteiger partial charge in [0.1, 0.15) is 0 Å². The van der Waals surface area contributed by atoms with Crippen molar-refractivity contribution in [1.29, 1.82) is 0 Å². The Hall–Kier alpha value is 0.168. The van der Waals surface area contributed by atoms with Crippen molar-refractivity contribution in [1.82, 2.24) is 0 Å². The number of allylic oxidation sites excluding steroid dienone is 4. The first-order valence-corrected chi connectivity index (χ1v) is 20.1. The van der Waals surface area contributed by atoms with Crippen molar-refractivity contribution in [3.8, 4) is 0 Å². The second-order valence-electron chi connectivity index (χ2n) is 6.37. The Balaban J connectivity index is 3.11. The Bertz CT molecular complexity index is 232. The minimum atomic E-state index is -2.76. The standard InChI is InChI=1S/C5H5.5CH3.W/c1-2-4-5-3-1;;;;;;/h1-3H,4H2;5*1H3;. The van der Waals surface area contributed by atoms with Gasteiger partial charge in [-0.2, -0.15) is 0 Å². The molecule has 0 N–H and O–H groups in total. The third-order valence-corrected chi connectivity index (χ3v) is 12.6. The van der Waals surface area contributed by atoms with Gasteiger partial charge in [-0.15, -0.1) is 0 Å². The van der Waals surface area contributed by atoms with Gasteiger partial charge in [0.2, 0.25) is 0 Å². The van der Waals surface area contributed by atoms with E-state index in [1.807, 2.05) is 0 Å². The molecule has 0 aromatic carbocycles. The van der Waals surface area contributed by atoms with Gasteiger partial charge in [0, 0.05) is 0 Å². The van der Waals surface area contributed by atoms with Crippen LogP contribution in [0.2, 0.25) is 26.6 Å². The summed E-state index contributed by atoms with van der Waals surface area (Å²) in [6.07, 6.45) is 8.00. The molecule has 0 amide bonds. The van der Waals surface area contributed by atoms with Crippen molar-refractivity contribution in [3.05, 3.63) is 22.2 Å². The fraction of sp³-hybridized carbons (Fsp3) is 0.600. The first kappa shape index (κ1) is 9.26. The average molecular weight is 324 g/mol. The molecule has 0 radical (unpaired) electrons. The van der Waals surface area contributed by atoms with Crippen LogP contribution in [0, 0.1) is 0 Å². The van der Waals surface area contributed by atoms with Crippen LogP contribution in [-0.4, -0.2) is 0 Å². The first-order valence-electron chi connectivity index (χ1n) is 3.96. The summed E-state index contributed by atoms with van der Waals surface area (Å²) in [5.74, 6) is 0. The molecule has 0 heterocycles. The zero-order chi connectivity index (χ0) is 8.81. The van der Waals surface area contributed by atoms with Crippen LogP contribution in [0.1, 0.15) is 6.42 Å². The second kappa shape index (κ2) is 1.74. The quantitative estimate of drug-likeness (QED) is 0.675. The van der Waals surface area contributed by atoms with Gasteiger partial charge in [0.05, 0.1) is 0 Å². The third kappa shape index (κ3) is 2.30. The summed E-state index contributed by atoms with van der Waals surface area (Å²) >= 11 is -2.76. The van der Waals surface area contributed by atoms with Crippen LogP contribution in [0.15, 0.2) is 22.2 Å². The molecule has 0 aromatic rings. The van der Waals surface area contributed by atoms with E-state index in [4.69, 9.17) is 0 Å². The summed E-state index contributed by atoms with van der Waals surface area (Å²) in [7, 11) is 0. The normalized spacial score (nSPS) is 24.3. The van der Waals surface area contributed by atoms with Gasteiger partial charge in [-0.05, 0) is 0 Å². The van der Waals surface area contributed by atoms with Crippen molar-refractivity contribution in [2.75, 3.05) is 0 Å². The maximum absolute atomic E-state index is 2.76. The molecule has 66 valence electrons. The van der Waals surface area contributed by atoms with E-state index in [0.717, 1.165) is 0 Å². The monoisotopic (exact) mass is 324 g/mol. The van der Waals surface area contributed by atoms with Crippen LogP contribution in [0.3, 0.4) is 0 Å². The van der Waals surface area contributed by atoms with Crippen LogP contribution >= 0.6 is 0 Å². The fourth-order valence-corrected chi connectivity index (χ4v) is 7.25. The zero-order valence-electron chi connectivity index (χ0n) is 8.35. The molecular weight excluding hydrogens is 304 g/mol. The van der Waals surface area contributed by atoms with E-state index in [-0.39, 0.29) is 0 Å². The number of hydrogen-bond acceptors (Lipinski definition) is 0. The third-order valence-electron chi connectivity index (χ3n) is 2.05. The SMILES string of the molecule is [CH3][W]([CH3])([CH3])([CH3])([CH3])[C]1=CC=CC1. The van der Waals surface area contributed by atoms with Gasteiger partial charge in [-0.25, -0.2) is 0 Å². The molecule has 0 unspecified atom stereocenters. The first-order chi connectivity index (χ1) is 4.59. The molecule has 0 saturated carbocycles. The van der Waals surface area contributed by atoms with E-state index in [2.05, 4.69) is 44.8 Å². The summed E-state index contributed by atoms with van der Waals surface area (Å²) < 4.78 is 1.71. The van der Waals surface area contributed by atoms with Crippen molar-refractivity contribution >= 4 is 0 Å². The molecule has 1 rings (SSSR count). The van der Waals surface area contributed by atoms with Crippen molar-refractivity contribution in [3.63, 3.8) is 0 Å². The van der Waals surface area contributed by atoms with Crippen LogP contribution in [0.25, 0.3) is 0 Å². The Morgan fingerprint density at radius 2 is 1.64 bits per heavy atom. The second-order valence-corrected chi connectivity index (χ2v) is 44.9. The molecular formula is C10H20W. The fourth-order valence-electron chi connectivity index (χ4n) is 1.18. The number of hydrogen-bond donors (Lipinski definition) is 0. The van der Waals surface area contributed by atoms with E-state index >= 15 is 0 Å². The molecule has 1 aliphatic carbocycles. The molecule has 0 spiro atoms. The summed E-state index contributed by atoms with van der Waals surface area (Å²) in [5, 5.41) is 12.5. The molecule has 1 aliphatic rings. The Labute approximate surface area is 68.9 Å². The summed E-state index contributed by atoms with van der Waals surface area (Å²) in [6.45, 7) is 0. The van der Waals surface area contributed by atoms with E-state index in [0.29, 0.717) is 0 Å². The molecule has 11 heavy (non-hydrogen) atoms. The van der Waals surface area contributed by atoms with E-state index in [1.54, 1.807) is 3.96 Å². The predicted molar refractivity (Wildman–Crippen MR) is 51.2 cm³/mol. The van der Waals surface area contributed by atoms with Gasteiger partial charge in [-0.3, -0.25) is 0 Å². The van der Waals surface area contributed by atoms with Crippen LogP contribution in [-0.2, 0) is 13.6 Å². The van der Waals surface area contributed by atoms with Crippen molar-refractivity contribution in [2.45, 2.75) is 33.0 Å². The summed E-state index contributed by atoms with van der Waals surface area (Å²) in [4.78, 5) is 0. The zero-order valence-corrected chi connectivity index (χ0v) is 11.3. The summed E-state index contributed by atoms with van der Waals surface area (Å²) in [6, 6.07) is 0. The van der Waals surface area contributed by atoms with Crippen molar-refractivity contribution < 1.29 is 13.6 Å². The molecule has 0 bridgehead atoms. The average Bonchev–Trinajstić information content (AvgIpc) is 2.01. The molecule has 0 aromatic heterocycles. The minimum absolute atomic E-state index is 1.20. The van der Waals surface area contributed by atoms with E-state index < -0.39 is 13.6 Å².